The highest BCUT2D eigenvalue weighted by Crippen LogP contribution is 2.39. The van der Waals surface area contributed by atoms with Crippen LogP contribution in [0.4, 0.5) is 35.0 Å². The monoisotopic (exact) mass is 576 g/mol. The lowest BCUT2D eigenvalue weighted by Crippen LogP contribution is -2.54. The minimum Gasteiger partial charge on any atom is -0.449 e. The summed E-state index contributed by atoms with van der Waals surface area (Å²) in [5.41, 5.74) is -3.20. The number of nitro groups is 2. The highest BCUT2D eigenvalue weighted by molar-refractivity contribution is 6.39. The van der Waals surface area contributed by atoms with Gasteiger partial charge in [0.05, 0.1) is 26.1 Å². The number of carbonyl (C=O) groups excluding carboxylic acids is 3. The van der Waals surface area contributed by atoms with Crippen LogP contribution in [0.15, 0.2) is 66.2 Å². The molecule has 1 aliphatic heterocycles. The lowest BCUT2D eigenvalue weighted by Gasteiger charge is -2.26. The molecule has 1 aliphatic rings. The van der Waals surface area contributed by atoms with Gasteiger partial charge in [-0.05, 0) is 42.0 Å². The number of halogens is 4. The number of rotatable bonds is 6. The first-order valence-corrected chi connectivity index (χ1v) is 11.1. The fourth-order valence-corrected chi connectivity index (χ4v) is 3.76. The lowest BCUT2D eigenvalue weighted by atomic mass is 10.1. The Hall–Kier alpha value is -5.31. The average molecular weight is 577 g/mol. The van der Waals surface area contributed by atoms with Crippen molar-refractivity contribution in [3.8, 4) is 11.5 Å². The minimum absolute atomic E-state index is 0.131. The van der Waals surface area contributed by atoms with Crippen molar-refractivity contribution in [1.82, 2.24) is 5.32 Å². The number of alkyl halides is 3. The van der Waals surface area contributed by atoms with Crippen LogP contribution in [0.3, 0.4) is 0 Å². The maximum absolute atomic E-state index is 13.0. The molecule has 204 valence electrons. The molecule has 3 aromatic rings. The highest BCUT2D eigenvalue weighted by atomic mass is 35.5. The van der Waals surface area contributed by atoms with Crippen LogP contribution in [-0.2, 0) is 15.8 Å². The predicted molar refractivity (Wildman–Crippen MR) is 132 cm³/mol. The summed E-state index contributed by atoms with van der Waals surface area (Å²) in [4.78, 5) is 58.9. The Morgan fingerprint density at radius 3 is 2.25 bits per heavy atom. The summed E-state index contributed by atoms with van der Waals surface area (Å²) in [7, 11) is 0. The first kappa shape index (κ1) is 27.7. The maximum Gasteiger partial charge on any atom is 0.416 e. The summed E-state index contributed by atoms with van der Waals surface area (Å²) in [5.74, 6) is -2.88. The van der Waals surface area contributed by atoms with E-state index >= 15 is 0 Å². The zero-order chi connectivity index (χ0) is 29.4. The first-order chi connectivity index (χ1) is 18.8. The van der Waals surface area contributed by atoms with Gasteiger partial charge < -0.3 is 4.74 Å². The third-order valence-electron chi connectivity index (χ3n) is 5.37. The summed E-state index contributed by atoms with van der Waals surface area (Å²) in [5, 5.41) is 24.1. The van der Waals surface area contributed by atoms with E-state index in [1.54, 1.807) is 0 Å². The van der Waals surface area contributed by atoms with Crippen LogP contribution in [0.1, 0.15) is 11.1 Å². The molecule has 0 aliphatic carbocycles. The Balaban J connectivity index is 1.64. The lowest BCUT2D eigenvalue weighted by molar-refractivity contribution is -0.385. The number of hydrogen-bond acceptors (Lipinski definition) is 8. The van der Waals surface area contributed by atoms with Gasteiger partial charge in [0.15, 0.2) is 0 Å². The fourth-order valence-electron chi connectivity index (χ4n) is 3.54. The fraction of sp³-hybridized carbons (Fsp3) is 0.0417. The van der Waals surface area contributed by atoms with Gasteiger partial charge in [0.2, 0.25) is 5.75 Å². The summed E-state index contributed by atoms with van der Waals surface area (Å²) >= 11 is 6.18. The van der Waals surface area contributed by atoms with E-state index in [1.165, 1.54) is 30.3 Å². The largest absolute Gasteiger partial charge is 0.449 e. The molecule has 1 heterocycles. The third kappa shape index (κ3) is 5.58. The Kier molecular flexibility index (Phi) is 7.24. The zero-order valence-corrected chi connectivity index (χ0v) is 20.2. The molecule has 40 heavy (non-hydrogen) atoms. The van der Waals surface area contributed by atoms with Crippen LogP contribution < -0.4 is 15.0 Å². The molecule has 1 saturated heterocycles. The van der Waals surface area contributed by atoms with Gasteiger partial charge in [-0.25, -0.2) is 9.69 Å². The van der Waals surface area contributed by atoms with Crippen molar-refractivity contribution in [2.45, 2.75) is 6.18 Å². The second-order valence-corrected chi connectivity index (χ2v) is 8.37. The summed E-state index contributed by atoms with van der Waals surface area (Å²) < 4.78 is 44.2. The molecule has 0 radical (unpaired) electrons. The van der Waals surface area contributed by atoms with E-state index in [2.05, 4.69) is 0 Å². The van der Waals surface area contributed by atoms with Crippen molar-refractivity contribution in [2.75, 3.05) is 4.90 Å². The van der Waals surface area contributed by atoms with Gasteiger partial charge in [0.25, 0.3) is 17.5 Å². The number of barbiturate groups is 1. The van der Waals surface area contributed by atoms with Crippen molar-refractivity contribution in [3.05, 3.63) is 103 Å². The van der Waals surface area contributed by atoms with Crippen LogP contribution >= 0.6 is 11.6 Å². The van der Waals surface area contributed by atoms with Crippen molar-refractivity contribution in [2.24, 2.45) is 0 Å². The number of nitrogens with zero attached hydrogens (tertiary/aromatic N) is 3. The molecule has 0 aromatic heterocycles. The molecule has 0 bridgehead atoms. The molecular formula is C24H12ClF3N4O8. The average Bonchev–Trinajstić information content (AvgIpc) is 2.87. The normalized spacial score (nSPS) is 14.8. The van der Waals surface area contributed by atoms with E-state index in [0.717, 1.165) is 24.3 Å². The summed E-state index contributed by atoms with van der Waals surface area (Å²) in [6.07, 6.45) is -3.76. The molecule has 16 heteroatoms. The van der Waals surface area contributed by atoms with Crippen molar-refractivity contribution in [3.63, 3.8) is 0 Å². The number of carbonyl (C=O) groups is 3. The van der Waals surface area contributed by atoms with Crippen molar-refractivity contribution < 1.29 is 42.1 Å². The number of non-ortho nitro benzene ring substituents is 1. The Labute approximate surface area is 225 Å². The number of imide groups is 2. The SMILES string of the molecule is O=C1NC(=O)N(c2cccc([N+](=O)[O-])c2)C(=O)/C1=C/c1ccc(Oc2ccc(C(F)(F)F)cc2[N+](=O)[O-])c(Cl)c1. The van der Waals surface area contributed by atoms with Gasteiger partial charge in [-0.2, -0.15) is 13.2 Å². The Morgan fingerprint density at radius 2 is 1.62 bits per heavy atom. The smallest absolute Gasteiger partial charge is 0.416 e. The van der Waals surface area contributed by atoms with E-state index in [-0.39, 0.29) is 22.0 Å². The second-order valence-electron chi connectivity index (χ2n) is 7.96. The van der Waals surface area contributed by atoms with Crippen LogP contribution in [0, 0.1) is 20.2 Å². The van der Waals surface area contributed by atoms with E-state index in [4.69, 9.17) is 16.3 Å². The number of ether oxygens (including phenoxy) is 1. The minimum atomic E-state index is -4.83. The summed E-state index contributed by atoms with van der Waals surface area (Å²) in [6.45, 7) is 0. The molecular weight excluding hydrogens is 565 g/mol. The van der Waals surface area contributed by atoms with Crippen LogP contribution in [0.5, 0.6) is 11.5 Å². The highest BCUT2D eigenvalue weighted by Gasteiger charge is 2.37. The molecule has 4 rings (SSSR count). The Morgan fingerprint density at radius 1 is 0.925 bits per heavy atom. The number of amides is 4. The predicted octanol–water partition coefficient (Wildman–Crippen LogP) is 5.63. The number of hydrogen-bond donors (Lipinski definition) is 1. The zero-order valence-electron chi connectivity index (χ0n) is 19.5. The topological polar surface area (TPSA) is 162 Å². The van der Waals surface area contributed by atoms with E-state index in [1.807, 2.05) is 5.32 Å². The molecule has 12 nitrogen and oxygen atoms in total. The van der Waals surface area contributed by atoms with Crippen LogP contribution in [0.25, 0.3) is 6.08 Å². The van der Waals surface area contributed by atoms with E-state index in [0.29, 0.717) is 17.0 Å². The Bertz CT molecular complexity index is 1640. The first-order valence-electron chi connectivity index (χ1n) is 10.7. The standard InChI is InChI=1S/C24H12ClF3N4O8/c25-17-9-12(4-6-19(17)40-20-7-5-13(24(26,27)28)10-18(20)32(38)39)8-16-21(33)29-23(35)30(22(16)34)14-2-1-3-15(11-14)31(36)37/h1-11H,(H,29,33,35)/b16-8+. The third-order valence-corrected chi connectivity index (χ3v) is 5.67. The molecule has 0 atom stereocenters. The second kappa shape index (κ2) is 10.5. The summed E-state index contributed by atoms with van der Waals surface area (Å²) in [6, 6.07) is 8.79. The van der Waals surface area contributed by atoms with E-state index in [9.17, 15) is 47.8 Å². The van der Waals surface area contributed by atoms with Crippen molar-refractivity contribution >= 4 is 52.6 Å². The number of benzene rings is 3. The van der Waals surface area contributed by atoms with Crippen LogP contribution in [-0.4, -0.2) is 27.7 Å². The van der Waals surface area contributed by atoms with Gasteiger partial charge in [-0.3, -0.25) is 35.1 Å². The molecule has 4 amide bonds. The van der Waals surface area contributed by atoms with Crippen LogP contribution in [0.2, 0.25) is 5.02 Å². The molecule has 1 N–H and O–H groups in total. The number of nitro benzene ring substituents is 2. The van der Waals surface area contributed by atoms with Gasteiger partial charge in [0.1, 0.15) is 11.3 Å². The molecule has 0 unspecified atom stereocenters. The molecule has 1 fully saturated rings. The van der Waals surface area contributed by atoms with Gasteiger partial charge in [-0.1, -0.05) is 23.7 Å². The quantitative estimate of drug-likeness (QED) is 0.171. The van der Waals surface area contributed by atoms with Gasteiger partial charge >= 0.3 is 17.9 Å². The van der Waals surface area contributed by atoms with Crippen molar-refractivity contribution in [1.29, 1.82) is 0 Å². The van der Waals surface area contributed by atoms with Gasteiger partial charge in [0, 0.05) is 18.2 Å². The molecule has 3 aromatic carbocycles. The maximum atomic E-state index is 13.0. The molecule has 0 spiro atoms. The molecule has 0 saturated carbocycles. The number of anilines is 1. The number of urea groups is 1. The van der Waals surface area contributed by atoms with E-state index < -0.39 is 62.1 Å². The van der Waals surface area contributed by atoms with Gasteiger partial charge in [-0.15, -0.1) is 0 Å². The number of nitrogens with one attached hydrogen (secondary N) is 1.